The smallest absolute Gasteiger partial charge is 0.187 e. The summed E-state index contributed by atoms with van der Waals surface area (Å²) in [5.41, 5.74) is 2.11. The number of halogens is 2. The van der Waals surface area contributed by atoms with Crippen LogP contribution in [-0.4, -0.2) is 16.3 Å². The molecule has 0 aliphatic carbocycles. The van der Waals surface area contributed by atoms with Gasteiger partial charge >= 0.3 is 0 Å². The van der Waals surface area contributed by atoms with Crippen molar-refractivity contribution in [1.82, 2.24) is 4.98 Å². The van der Waals surface area contributed by atoms with E-state index in [1.807, 2.05) is 23.8 Å². The van der Waals surface area contributed by atoms with Gasteiger partial charge in [-0.2, -0.15) is 0 Å². The van der Waals surface area contributed by atoms with Gasteiger partial charge in [0.05, 0.1) is 10.7 Å². The fourth-order valence-electron chi connectivity index (χ4n) is 2.04. The number of nitrogens with one attached hydrogen (secondary N) is 1. The third-order valence-electron chi connectivity index (χ3n) is 3.13. The Labute approximate surface area is 152 Å². The molecule has 2 N–H and O–H groups in total. The van der Waals surface area contributed by atoms with E-state index in [4.69, 9.17) is 23.2 Å². The lowest BCUT2D eigenvalue weighted by atomic mass is 10.1. The van der Waals surface area contributed by atoms with E-state index < -0.39 is 0 Å². The zero-order valence-corrected chi connectivity index (χ0v) is 15.2. The molecule has 0 spiro atoms. The summed E-state index contributed by atoms with van der Waals surface area (Å²) in [4.78, 5) is 5.67. The van der Waals surface area contributed by atoms with Crippen LogP contribution in [-0.2, 0) is 0 Å². The molecule has 0 fully saturated rings. The summed E-state index contributed by atoms with van der Waals surface area (Å²) >= 11 is 15.1. The predicted molar refractivity (Wildman–Crippen MR) is 101 cm³/mol. The summed E-state index contributed by atoms with van der Waals surface area (Å²) in [6.07, 6.45) is 2.03. The third kappa shape index (κ3) is 3.75. The van der Waals surface area contributed by atoms with Crippen LogP contribution in [0.3, 0.4) is 0 Å². The maximum absolute atomic E-state index is 10.1. The average Bonchev–Trinajstić information content (AvgIpc) is 2.99. The molecular weight excluding hydrogens is 371 g/mol. The van der Waals surface area contributed by atoms with Gasteiger partial charge in [0, 0.05) is 26.5 Å². The second kappa shape index (κ2) is 7.01. The molecule has 0 unspecified atom stereocenters. The molecule has 0 aliphatic heterocycles. The topological polar surface area (TPSA) is 45.2 Å². The lowest BCUT2D eigenvalue weighted by Crippen LogP contribution is -1.90. The van der Waals surface area contributed by atoms with Crippen LogP contribution in [0.1, 0.15) is 0 Å². The Kier molecular flexibility index (Phi) is 5.02. The van der Waals surface area contributed by atoms with E-state index in [0.29, 0.717) is 16.3 Å². The highest BCUT2D eigenvalue weighted by atomic mass is 35.5. The highest BCUT2D eigenvalue weighted by Crippen LogP contribution is 2.39. The largest absolute Gasteiger partial charge is 0.506 e. The molecule has 3 nitrogen and oxygen atoms in total. The summed E-state index contributed by atoms with van der Waals surface area (Å²) in [5.74, 6) is -0.0164. The summed E-state index contributed by atoms with van der Waals surface area (Å²) in [5, 5.41) is 16.6. The normalized spacial score (nSPS) is 10.7. The minimum Gasteiger partial charge on any atom is -0.506 e. The molecule has 0 saturated heterocycles. The lowest BCUT2D eigenvalue weighted by molar-refractivity contribution is 0.477. The molecule has 23 heavy (non-hydrogen) atoms. The Morgan fingerprint density at radius 1 is 1.22 bits per heavy atom. The Bertz CT molecular complexity index is 852. The molecule has 3 rings (SSSR count). The van der Waals surface area contributed by atoms with Crippen molar-refractivity contribution in [3.05, 3.63) is 51.8 Å². The molecule has 0 aliphatic rings. The molecule has 1 aromatic heterocycles. The molecule has 0 atom stereocenters. The zero-order chi connectivity index (χ0) is 16.4. The zero-order valence-electron chi connectivity index (χ0n) is 12.0. The van der Waals surface area contributed by atoms with Gasteiger partial charge in [-0.3, -0.25) is 0 Å². The Morgan fingerprint density at radius 3 is 2.83 bits per heavy atom. The average molecular weight is 383 g/mol. The van der Waals surface area contributed by atoms with Crippen molar-refractivity contribution >= 4 is 57.1 Å². The molecule has 1 heterocycles. The monoisotopic (exact) mass is 382 g/mol. The van der Waals surface area contributed by atoms with Gasteiger partial charge in [-0.15, -0.1) is 23.1 Å². The predicted octanol–water partition coefficient (Wildman–Crippen LogP) is 6.29. The number of thioether (sulfide) groups is 1. The quantitative estimate of drug-likeness (QED) is 0.520. The maximum Gasteiger partial charge on any atom is 0.187 e. The highest BCUT2D eigenvalue weighted by Gasteiger charge is 2.13. The molecule has 3 aromatic rings. The number of phenolic OH excluding ortho intramolecular Hbond substituents is 1. The minimum atomic E-state index is -0.0164. The molecule has 118 valence electrons. The Hall–Kier alpha value is -1.40. The van der Waals surface area contributed by atoms with Gasteiger partial charge in [0.15, 0.2) is 5.13 Å². The number of nitrogens with zero attached hydrogens (tertiary/aromatic N) is 1. The fourth-order valence-corrected chi connectivity index (χ4v) is 3.72. The van der Waals surface area contributed by atoms with Crippen LogP contribution < -0.4 is 5.32 Å². The molecule has 2 aromatic carbocycles. The van der Waals surface area contributed by atoms with E-state index >= 15 is 0 Å². The van der Waals surface area contributed by atoms with E-state index in [1.165, 1.54) is 22.3 Å². The van der Waals surface area contributed by atoms with Gasteiger partial charge in [-0.05, 0) is 36.6 Å². The summed E-state index contributed by atoms with van der Waals surface area (Å²) < 4.78 is 0. The van der Waals surface area contributed by atoms with Crippen molar-refractivity contribution in [2.75, 3.05) is 11.6 Å². The van der Waals surface area contributed by atoms with E-state index in [-0.39, 0.29) is 10.8 Å². The van der Waals surface area contributed by atoms with E-state index in [0.717, 1.165) is 10.8 Å². The Morgan fingerprint density at radius 2 is 2.04 bits per heavy atom. The standard InChI is InChI=1S/C16H12Cl2N2OS2/c1-22-11-4-2-3-10(7-11)19-16-20-14(8-23-16)12-5-9(17)6-13(18)15(12)21/h2-8,21H,1H3,(H,19,20). The van der Waals surface area contributed by atoms with Gasteiger partial charge in [0.1, 0.15) is 5.75 Å². The van der Waals surface area contributed by atoms with Crippen molar-refractivity contribution in [2.45, 2.75) is 4.90 Å². The first kappa shape index (κ1) is 16.5. The van der Waals surface area contributed by atoms with Crippen LogP contribution in [0.4, 0.5) is 10.8 Å². The SMILES string of the molecule is CSc1cccc(Nc2nc(-c3cc(Cl)cc(Cl)c3O)cs2)c1. The molecule has 0 amide bonds. The van der Waals surface area contributed by atoms with E-state index in [9.17, 15) is 5.11 Å². The number of hydrogen-bond donors (Lipinski definition) is 2. The molecule has 7 heteroatoms. The second-order valence-electron chi connectivity index (χ2n) is 4.68. The van der Waals surface area contributed by atoms with Crippen molar-refractivity contribution in [3.8, 4) is 17.0 Å². The number of aromatic hydroxyl groups is 1. The van der Waals surface area contributed by atoms with Gasteiger partial charge in [0.25, 0.3) is 0 Å². The fraction of sp³-hybridized carbons (Fsp3) is 0.0625. The van der Waals surface area contributed by atoms with Crippen LogP contribution in [0, 0.1) is 0 Å². The first-order valence-electron chi connectivity index (χ1n) is 6.62. The summed E-state index contributed by atoms with van der Waals surface area (Å²) in [6.45, 7) is 0. The Balaban J connectivity index is 1.89. The first-order valence-corrected chi connectivity index (χ1v) is 9.48. The van der Waals surface area contributed by atoms with Crippen molar-refractivity contribution in [1.29, 1.82) is 0 Å². The third-order valence-corrected chi connectivity index (χ3v) is 5.12. The summed E-state index contributed by atoms with van der Waals surface area (Å²) in [6, 6.07) is 11.2. The number of hydrogen-bond acceptors (Lipinski definition) is 5. The highest BCUT2D eigenvalue weighted by molar-refractivity contribution is 7.98. The van der Waals surface area contributed by atoms with Crippen molar-refractivity contribution in [3.63, 3.8) is 0 Å². The first-order chi connectivity index (χ1) is 11.1. The number of anilines is 2. The van der Waals surface area contributed by atoms with Crippen LogP contribution in [0.15, 0.2) is 46.7 Å². The molecular formula is C16H12Cl2N2OS2. The van der Waals surface area contributed by atoms with Crippen LogP contribution in [0.2, 0.25) is 10.0 Å². The molecule has 0 bridgehead atoms. The van der Waals surface area contributed by atoms with Crippen LogP contribution in [0.5, 0.6) is 5.75 Å². The lowest BCUT2D eigenvalue weighted by Gasteiger charge is -2.05. The number of phenols is 1. The van der Waals surface area contributed by atoms with Gasteiger partial charge < -0.3 is 10.4 Å². The number of aromatic nitrogens is 1. The number of benzene rings is 2. The van der Waals surface area contributed by atoms with Gasteiger partial charge in [-0.1, -0.05) is 29.3 Å². The summed E-state index contributed by atoms with van der Waals surface area (Å²) in [7, 11) is 0. The van der Waals surface area contributed by atoms with E-state index in [1.54, 1.807) is 17.8 Å². The van der Waals surface area contributed by atoms with Crippen molar-refractivity contribution < 1.29 is 5.11 Å². The second-order valence-corrected chi connectivity index (χ2v) is 7.26. The number of thiazole rings is 1. The van der Waals surface area contributed by atoms with Crippen LogP contribution in [0.25, 0.3) is 11.3 Å². The van der Waals surface area contributed by atoms with Gasteiger partial charge in [0.2, 0.25) is 0 Å². The molecule has 0 saturated carbocycles. The van der Waals surface area contributed by atoms with Crippen molar-refractivity contribution in [2.24, 2.45) is 0 Å². The van der Waals surface area contributed by atoms with Crippen LogP contribution >= 0.6 is 46.3 Å². The van der Waals surface area contributed by atoms with E-state index in [2.05, 4.69) is 22.4 Å². The van der Waals surface area contributed by atoms with Gasteiger partial charge in [-0.25, -0.2) is 4.98 Å². The minimum absolute atomic E-state index is 0.0164. The molecule has 0 radical (unpaired) electrons. The maximum atomic E-state index is 10.1. The number of rotatable bonds is 4.